The van der Waals surface area contributed by atoms with E-state index in [1.807, 2.05) is 0 Å². The molecule has 0 spiro atoms. The van der Waals surface area contributed by atoms with Crippen LogP contribution in [0.5, 0.6) is 5.75 Å². The van der Waals surface area contributed by atoms with Crippen molar-refractivity contribution in [2.24, 2.45) is 0 Å². The van der Waals surface area contributed by atoms with Crippen LogP contribution in [0, 0.1) is 0 Å². The third kappa shape index (κ3) is 3.60. The number of rotatable bonds is 6. The predicted octanol–water partition coefficient (Wildman–Crippen LogP) is 2.34. The number of phenols is 1. The lowest BCUT2D eigenvalue weighted by Gasteiger charge is -2.27. The zero-order valence-electron chi connectivity index (χ0n) is 10.5. The van der Waals surface area contributed by atoms with Gasteiger partial charge in [0.1, 0.15) is 5.75 Å². The number of hydrogen-bond donors (Lipinski definition) is 1. The molecular formula is C12H18ClNO3S. The van der Waals surface area contributed by atoms with Gasteiger partial charge in [-0.2, -0.15) is 4.31 Å². The highest BCUT2D eigenvalue weighted by Gasteiger charge is 2.26. The topological polar surface area (TPSA) is 57.6 Å². The zero-order valence-corrected chi connectivity index (χ0v) is 12.1. The number of hydrogen-bond acceptors (Lipinski definition) is 3. The van der Waals surface area contributed by atoms with E-state index >= 15 is 0 Å². The molecule has 0 aliphatic heterocycles. The van der Waals surface area contributed by atoms with E-state index in [2.05, 4.69) is 0 Å². The first-order chi connectivity index (χ1) is 8.42. The Hall–Kier alpha value is -0.780. The summed E-state index contributed by atoms with van der Waals surface area (Å²) in [5.41, 5.74) is 0.759. The lowest BCUT2D eigenvalue weighted by Crippen LogP contribution is -2.35. The molecule has 1 N–H and O–H groups in total. The van der Waals surface area contributed by atoms with Crippen molar-refractivity contribution < 1.29 is 13.5 Å². The molecule has 18 heavy (non-hydrogen) atoms. The summed E-state index contributed by atoms with van der Waals surface area (Å²) in [6, 6.07) is 6.30. The van der Waals surface area contributed by atoms with Crippen molar-refractivity contribution in [3.63, 3.8) is 0 Å². The summed E-state index contributed by atoms with van der Waals surface area (Å²) in [5.74, 6) is 0.127. The van der Waals surface area contributed by atoms with Gasteiger partial charge in [0.05, 0.1) is 5.75 Å². The fourth-order valence-corrected chi connectivity index (χ4v) is 3.89. The molecule has 1 atom stereocenters. The minimum Gasteiger partial charge on any atom is -0.508 e. The van der Waals surface area contributed by atoms with E-state index in [4.69, 9.17) is 11.6 Å². The first-order valence-corrected chi connectivity index (χ1v) is 7.91. The summed E-state index contributed by atoms with van der Waals surface area (Å²) in [6.07, 6.45) is 0. The van der Waals surface area contributed by atoms with Crippen LogP contribution in [0.4, 0.5) is 0 Å². The van der Waals surface area contributed by atoms with Gasteiger partial charge in [0.2, 0.25) is 10.0 Å². The molecule has 0 saturated heterocycles. The van der Waals surface area contributed by atoms with Gasteiger partial charge in [0.25, 0.3) is 0 Å². The minimum atomic E-state index is -3.36. The molecule has 0 aromatic heterocycles. The highest BCUT2D eigenvalue weighted by atomic mass is 35.5. The van der Waals surface area contributed by atoms with E-state index in [-0.39, 0.29) is 23.4 Å². The summed E-state index contributed by atoms with van der Waals surface area (Å²) < 4.78 is 25.5. The van der Waals surface area contributed by atoms with E-state index in [0.717, 1.165) is 5.56 Å². The van der Waals surface area contributed by atoms with Crippen LogP contribution >= 0.6 is 11.6 Å². The Labute approximate surface area is 113 Å². The summed E-state index contributed by atoms with van der Waals surface area (Å²) in [4.78, 5) is 0. The van der Waals surface area contributed by atoms with E-state index < -0.39 is 10.0 Å². The fourth-order valence-electron chi connectivity index (χ4n) is 1.88. The quantitative estimate of drug-likeness (QED) is 0.819. The number of aromatic hydroxyl groups is 1. The van der Waals surface area contributed by atoms with Crippen LogP contribution in [-0.2, 0) is 10.0 Å². The van der Waals surface area contributed by atoms with Crippen LogP contribution in [0.3, 0.4) is 0 Å². The van der Waals surface area contributed by atoms with Gasteiger partial charge in [0, 0.05) is 18.5 Å². The molecule has 4 nitrogen and oxygen atoms in total. The predicted molar refractivity (Wildman–Crippen MR) is 73.4 cm³/mol. The molecule has 1 aromatic rings. The molecule has 1 aromatic carbocycles. The SMILES string of the molecule is CCN(C(C)c1cccc(O)c1)S(=O)(=O)CCCl. The van der Waals surface area contributed by atoms with Crippen LogP contribution in [0.1, 0.15) is 25.5 Å². The second-order valence-corrected chi connectivity index (χ2v) is 6.40. The maximum Gasteiger partial charge on any atom is 0.215 e. The minimum absolute atomic E-state index is 0.0750. The Morgan fingerprint density at radius 2 is 2.11 bits per heavy atom. The molecule has 0 saturated carbocycles. The normalized spacial score (nSPS) is 13.8. The third-order valence-corrected chi connectivity index (χ3v) is 5.21. The number of sulfonamides is 1. The van der Waals surface area contributed by atoms with Crippen molar-refractivity contribution in [1.29, 1.82) is 0 Å². The van der Waals surface area contributed by atoms with Gasteiger partial charge in [-0.3, -0.25) is 0 Å². The Bertz CT molecular complexity index is 490. The van der Waals surface area contributed by atoms with E-state index in [1.165, 1.54) is 4.31 Å². The van der Waals surface area contributed by atoms with Crippen LogP contribution in [0.2, 0.25) is 0 Å². The molecule has 0 fully saturated rings. The average molecular weight is 292 g/mol. The summed E-state index contributed by atoms with van der Waals surface area (Å²) in [5, 5.41) is 9.43. The molecule has 6 heteroatoms. The van der Waals surface area contributed by atoms with Crippen molar-refractivity contribution in [2.45, 2.75) is 19.9 Å². The van der Waals surface area contributed by atoms with E-state index in [0.29, 0.717) is 6.54 Å². The van der Waals surface area contributed by atoms with Crippen molar-refractivity contribution in [3.8, 4) is 5.75 Å². The molecule has 0 bridgehead atoms. The first kappa shape index (κ1) is 15.3. The molecule has 0 aliphatic carbocycles. The Balaban J connectivity index is 3.03. The van der Waals surface area contributed by atoms with Gasteiger partial charge in [0.15, 0.2) is 0 Å². The van der Waals surface area contributed by atoms with Gasteiger partial charge in [-0.25, -0.2) is 8.42 Å². The smallest absolute Gasteiger partial charge is 0.215 e. The number of phenolic OH excluding ortho intramolecular Hbond substituents is 1. The van der Waals surface area contributed by atoms with Crippen molar-refractivity contribution in [2.75, 3.05) is 18.2 Å². The van der Waals surface area contributed by atoms with Crippen LogP contribution in [0.15, 0.2) is 24.3 Å². The average Bonchev–Trinajstić information content (AvgIpc) is 2.29. The zero-order chi connectivity index (χ0) is 13.8. The maximum absolute atomic E-state index is 12.0. The summed E-state index contributed by atoms with van der Waals surface area (Å²) in [6.45, 7) is 3.95. The van der Waals surface area contributed by atoms with Crippen molar-refractivity contribution in [1.82, 2.24) is 4.31 Å². The maximum atomic E-state index is 12.0. The van der Waals surface area contributed by atoms with Gasteiger partial charge in [-0.15, -0.1) is 11.6 Å². The Kier molecular flexibility index (Phi) is 5.44. The van der Waals surface area contributed by atoms with Crippen molar-refractivity contribution in [3.05, 3.63) is 29.8 Å². The molecule has 0 aliphatic rings. The molecule has 1 rings (SSSR count). The summed E-state index contributed by atoms with van der Waals surface area (Å²) in [7, 11) is -3.36. The highest BCUT2D eigenvalue weighted by molar-refractivity contribution is 7.89. The molecule has 102 valence electrons. The van der Waals surface area contributed by atoms with Crippen LogP contribution in [-0.4, -0.2) is 36.0 Å². The lowest BCUT2D eigenvalue weighted by molar-refractivity contribution is 0.356. The molecule has 0 amide bonds. The number of nitrogens with zero attached hydrogens (tertiary/aromatic N) is 1. The lowest BCUT2D eigenvalue weighted by atomic mass is 10.1. The number of benzene rings is 1. The Morgan fingerprint density at radius 1 is 1.44 bits per heavy atom. The second kappa shape index (κ2) is 6.41. The van der Waals surface area contributed by atoms with Gasteiger partial charge < -0.3 is 5.11 Å². The molecule has 0 heterocycles. The fraction of sp³-hybridized carbons (Fsp3) is 0.500. The van der Waals surface area contributed by atoms with Gasteiger partial charge >= 0.3 is 0 Å². The van der Waals surface area contributed by atoms with E-state index in [1.54, 1.807) is 38.1 Å². The summed E-state index contributed by atoms with van der Waals surface area (Å²) >= 11 is 5.52. The molecule has 1 unspecified atom stereocenters. The van der Waals surface area contributed by atoms with Gasteiger partial charge in [-0.1, -0.05) is 19.1 Å². The monoisotopic (exact) mass is 291 g/mol. The Morgan fingerprint density at radius 3 is 2.61 bits per heavy atom. The van der Waals surface area contributed by atoms with Crippen molar-refractivity contribution >= 4 is 21.6 Å². The highest BCUT2D eigenvalue weighted by Crippen LogP contribution is 2.25. The number of halogens is 1. The first-order valence-electron chi connectivity index (χ1n) is 5.76. The van der Waals surface area contributed by atoms with E-state index in [9.17, 15) is 13.5 Å². The van der Waals surface area contributed by atoms with Crippen LogP contribution in [0.25, 0.3) is 0 Å². The molecular weight excluding hydrogens is 274 g/mol. The molecule has 0 radical (unpaired) electrons. The second-order valence-electron chi connectivity index (χ2n) is 3.98. The van der Waals surface area contributed by atoms with Crippen LogP contribution < -0.4 is 0 Å². The van der Waals surface area contributed by atoms with Gasteiger partial charge in [-0.05, 0) is 24.6 Å². The number of alkyl halides is 1. The third-order valence-electron chi connectivity index (χ3n) is 2.79. The standard InChI is InChI=1S/C12H18ClNO3S/c1-3-14(18(16,17)8-7-13)10(2)11-5-4-6-12(15)9-11/h4-6,9-10,15H,3,7-8H2,1-2H3. The largest absolute Gasteiger partial charge is 0.508 e.